The van der Waals surface area contributed by atoms with Gasteiger partial charge in [0.05, 0.1) is 21.3 Å². The minimum Gasteiger partial charge on any atom is -0.493 e. The van der Waals surface area contributed by atoms with Gasteiger partial charge in [0.15, 0.2) is 11.5 Å². The van der Waals surface area contributed by atoms with Crippen LogP contribution in [0.1, 0.15) is 40.2 Å². The van der Waals surface area contributed by atoms with Gasteiger partial charge in [0, 0.05) is 30.1 Å². The number of para-hydroxylation sites is 1. The number of carbonyl (C=O) groups is 2. The fourth-order valence-corrected chi connectivity index (χ4v) is 4.84. The van der Waals surface area contributed by atoms with Crippen molar-refractivity contribution in [3.05, 3.63) is 52.5 Å². The van der Waals surface area contributed by atoms with Crippen LogP contribution in [-0.4, -0.2) is 49.9 Å². The first-order valence-electron chi connectivity index (χ1n) is 10.8. The van der Waals surface area contributed by atoms with Crippen LogP contribution in [0.2, 0.25) is 0 Å². The molecule has 1 aromatic heterocycles. The lowest BCUT2D eigenvalue weighted by molar-refractivity contribution is -0.117. The van der Waals surface area contributed by atoms with Crippen molar-refractivity contribution >= 4 is 34.0 Å². The quantitative estimate of drug-likeness (QED) is 0.519. The van der Waals surface area contributed by atoms with Gasteiger partial charge in [-0.25, -0.2) is 0 Å². The summed E-state index contributed by atoms with van der Waals surface area (Å²) >= 11 is 1.27. The third-order valence-corrected chi connectivity index (χ3v) is 6.73. The van der Waals surface area contributed by atoms with Crippen LogP contribution in [0.15, 0.2) is 36.4 Å². The first-order chi connectivity index (χ1) is 16.5. The van der Waals surface area contributed by atoms with E-state index >= 15 is 0 Å². The molecule has 2 aromatic carbocycles. The van der Waals surface area contributed by atoms with Gasteiger partial charge >= 0.3 is 0 Å². The van der Waals surface area contributed by atoms with Crippen molar-refractivity contribution in [3.8, 4) is 17.2 Å². The lowest BCUT2D eigenvalue weighted by atomic mass is 10.1. The van der Waals surface area contributed by atoms with Crippen LogP contribution in [0.5, 0.6) is 17.2 Å². The van der Waals surface area contributed by atoms with E-state index in [1.807, 2.05) is 29.2 Å². The van der Waals surface area contributed by atoms with Crippen LogP contribution in [0, 0.1) is 0 Å². The monoisotopic (exact) mass is 482 g/mol. The highest BCUT2D eigenvalue weighted by molar-refractivity contribution is 7.15. The van der Waals surface area contributed by atoms with Gasteiger partial charge in [-0.1, -0.05) is 36.5 Å². The molecule has 2 amide bonds. The number of nitrogens with zero attached hydrogens (tertiary/aromatic N) is 3. The van der Waals surface area contributed by atoms with Gasteiger partial charge in [-0.05, 0) is 30.2 Å². The number of nitrogens with one attached hydrogen (secondary N) is 1. The zero-order valence-corrected chi connectivity index (χ0v) is 20.3. The molecule has 1 atom stereocenters. The molecule has 0 bridgehead atoms. The topological polar surface area (TPSA) is 103 Å². The number of hydrogen-bond donors (Lipinski definition) is 1. The summed E-state index contributed by atoms with van der Waals surface area (Å²) in [5.41, 5.74) is 2.40. The zero-order valence-electron chi connectivity index (χ0n) is 19.5. The van der Waals surface area contributed by atoms with E-state index in [1.165, 1.54) is 32.7 Å². The van der Waals surface area contributed by atoms with E-state index in [-0.39, 0.29) is 17.7 Å². The van der Waals surface area contributed by atoms with Gasteiger partial charge in [-0.3, -0.25) is 14.9 Å². The molecule has 178 valence electrons. The normalized spacial score (nSPS) is 15.4. The number of anilines is 2. The Hall–Kier alpha value is -3.66. The average Bonchev–Trinajstić information content (AvgIpc) is 3.49. The number of hydrogen-bond acceptors (Lipinski definition) is 8. The summed E-state index contributed by atoms with van der Waals surface area (Å²) in [6, 6.07) is 11.1. The maximum absolute atomic E-state index is 12.9. The van der Waals surface area contributed by atoms with E-state index in [2.05, 4.69) is 22.4 Å². The van der Waals surface area contributed by atoms with E-state index in [4.69, 9.17) is 14.2 Å². The average molecular weight is 483 g/mol. The molecule has 0 spiro atoms. The lowest BCUT2D eigenvalue weighted by Gasteiger charge is -2.19. The number of aryl methyl sites for hydroxylation is 1. The molecule has 1 aliphatic heterocycles. The van der Waals surface area contributed by atoms with E-state index in [1.54, 1.807) is 12.1 Å². The molecule has 34 heavy (non-hydrogen) atoms. The largest absolute Gasteiger partial charge is 0.493 e. The summed E-state index contributed by atoms with van der Waals surface area (Å²) < 4.78 is 15.9. The van der Waals surface area contributed by atoms with Crippen molar-refractivity contribution in [3.63, 3.8) is 0 Å². The third-order valence-electron chi connectivity index (χ3n) is 5.73. The summed E-state index contributed by atoms with van der Waals surface area (Å²) in [4.78, 5) is 27.4. The summed E-state index contributed by atoms with van der Waals surface area (Å²) in [7, 11) is 4.47. The van der Waals surface area contributed by atoms with Gasteiger partial charge in [0.2, 0.25) is 16.8 Å². The van der Waals surface area contributed by atoms with Crippen LogP contribution in [-0.2, 0) is 11.2 Å². The number of amides is 2. The van der Waals surface area contributed by atoms with Crippen LogP contribution < -0.4 is 24.4 Å². The number of carbonyl (C=O) groups excluding carboxylic acids is 2. The highest BCUT2D eigenvalue weighted by atomic mass is 32.1. The van der Waals surface area contributed by atoms with Crippen molar-refractivity contribution in [1.82, 2.24) is 10.2 Å². The van der Waals surface area contributed by atoms with Crippen molar-refractivity contribution in [2.45, 2.75) is 25.7 Å². The van der Waals surface area contributed by atoms with Crippen LogP contribution in [0.25, 0.3) is 0 Å². The Kier molecular flexibility index (Phi) is 6.97. The Bertz CT molecular complexity index is 1190. The highest BCUT2D eigenvalue weighted by Gasteiger charge is 2.34. The Morgan fingerprint density at radius 3 is 2.47 bits per heavy atom. The molecule has 1 fully saturated rings. The standard InChI is InChI=1S/C24H26N4O5S/c1-5-14-8-6-7-9-17(14)28-13-16(12-20(28)29)23-26-27-24(34-23)25-22(30)15-10-18(31-2)21(33-4)19(11-15)32-3/h6-11,16H,5,12-13H2,1-4H3,(H,25,27,30). The molecule has 10 heteroatoms. The Morgan fingerprint density at radius 2 is 1.82 bits per heavy atom. The Morgan fingerprint density at radius 1 is 1.12 bits per heavy atom. The second-order valence-electron chi connectivity index (χ2n) is 7.70. The molecule has 1 N–H and O–H groups in total. The molecule has 3 aromatic rings. The van der Waals surface area contributed by atoms with Crippen molar-refractivity contribution < 1.29 is 23.8 Å². The van der Waals surface area contributed by atoms with Crippen LogP contribution >= 0.6 is 11.3 Å². The molecule has 1 aliphatic rings. The SMILES string of the molecule is CCc1ccccc1N1CC(c2nnc(NC(=O)c3cc(OC)c(OC)c(OC)c3)s2)CC1=O. The maximum atomic E-state index is 12.9. The summed E-state index contributed by atoms with van der Waals surface area (Å²) in [5, 5.41) is 12.2. The number of benzene rings is 2. The molecular weight excluding hydrogens is 456 g/mol. The predicted molar refractivity (Wildman–Crippen MR) is 129 cm³/mol. The van der Waals surface area contributed by atoms with Gasteiger partial charge in [0.1, 0.15) is 5.01 Å². The molecule has 2 heterocycles. The number of rotatable bonds is 8. The molecule has 4 rings (SSSR count). The Labute approximate surface area is 201 Å². The molecule has 1 saturated heterocycles. The molecule has 0 aliphatic carbocycles. The maximum Gasteiger partial charge on any atom is 0.257 e. The smallest absolute Gasteiger partial charge is 0.257 e. The number of methoxy groups -OCH3 is 3. The predicted octanol–water partition coefficient (Wildman–Crippen LogP) is 3.90. The molecule has 1 unspecified atom stereocenters. The van der Waals surface area contributed by atoms with E-state index in [0.717, 1.165) is 17.7 Å². The minimum absolute atomic E-state index is 0.0594. The van der Waals surface area contributed by atoms with Crippen molar-refractivity contribution in [1.29, 1.82) is 0 Å². The summed E-state index contributed by atoms with van der Waals surface area (Å²) in [6.45, 7) is 2.61. The number of aromatic nitrogens is 2. The summed E-state index contributed by atoms with van der Waals surface area (Å²) in [6.07, 6.45) is 1.20. The van der Waals surface area contributed by atoms with Gasteiger partial charge in [0.25, 0.3) is 5.91 Å². The molecular formula is C24H26N4O5S. The first kappa shape index (κ1) is 23.5. The first-order valence-corrected chi connectivity index (χ1v) is 11.6. The van der Waals surface area contributed by atoms with Crippen molar-refractivity contribution in [2.75, 3.05) is 38.1 Å². The van der Waals surface area contributed by atoms with Crippen molar-refractivity contribution in [2.24, 2.45) is 0 Å². The fourth-order valence-electron chi connectivity index (χ4n) is 4.01. The van der Waals surface area contributed by atoms with E-state index < -0.39 is 0 Å². The van der Waals surface area contributed by atoms with Gasteiger partial charge < -0.3 is 19.1 Å². The zero-order chi connectivity index (χ0) is 24.2. The third kappa shape index (κ3) is 4.54. The minimum atomic E-state index is -0.386. The highest BCUT2D eigenvalue weighted by Crippen LogP contribution is 2.39. The molecule has 0 saturated carbocycles. The fraction of sp³-hybridized carbons (Fsp3) is 0.333. The van der Waals surface area contributed by atoms with Gasteiger partial charge in [-0.15, -0.1) is 10.2 Å². The van der Waals surface area contributed by atoms with E-state index in [9.17, 15) is 9.59 Å². The second kappa shape index (κ2) is 10.1. The van der Waals surface area contributed by atoms with Gasteiger partial charge in [-0.2, -0.15) is 0 Å². The van der Waals surface area contributed by atoms with Crippen LogP contribution in [0.4, 0.5) is 10.8 Å². The van der Waals surface area contributed by atoms with E-state index in [0.29, 0.717) is 45.9 Å². The Balaban J connectivity index is 1.49. The number of ether oxygens (including phenoxy) is 3. The second-order valence-corrected chi connectivity index (χ2v) is 8.71. The molecule has 0 radical (unpaired) electrons. The van der Waals surface area contributed by atoms with Crippen LogP contribution in [0.3, 0.4) is 0 Å². The summed E-state index contributed by atoms with van der Waals surface area (Å²) in [5.74, 6) is 0.748. The molecule has 9 nitrogen and oxygen atoms in total. The lowest BCUT2D eigenvalue weighted by Crippen LogP contribution is -2.25.